The predicted octanol–water partition coefficient (Wildman–Crippen LogP) is 2.87. The third-order valence-electron chi connectivity index (χ3n) is 7.57. The molecule has 6 heteroatoms. The lowest BCUT2D eigenvalue weighted by Gasteiger charge is -2.55. The Hall–Kier alpha value is -2.37. The Morgan fingerprint density at radius 2 is 1.72 bits per heavy atom. The van der Waals surface area contributed by atoms with Gasteiger partial charge in [-0.15, -0.1) is 0 Å². The molecule has 0 aromatic heterocycles. The van der Waals surface area contributed by atoms with Gasteiger partial charge in [0.2, 0.25) is 17.7 Å². The van der Waals surface area contributed by atoms with Gasteiger partial charge in [0.25, 0.3) is 0 Å². The second-order valence-corrected chi connectivity index (χ2v) is 9.69. The molecule has 1 aromatic carbocycles. The first-order chi connectivity index (χ1) is 13.9. The Labute approximate surface area is 171 Å². The number of rotatable bonds is 4. The number of carbonyl (C=O) groups is 3. The maximum atomic E-state index is 13.0. The highest BCUT2D eigenvalue weighted by atomic mass is 16.2. The number of amides is 3. The third kappa shape index (κ3) is 3.32. The SMILES string of the molecule is CC(=O)N1CCc2cc(NC(=O)CNC(=O)C34CC5CC(CC(C5)C3)C4)ccc21. The monoisotopic (exact) mass is 395 g/mol. The maximum Gasteiger partial charge on any atom is 0.243 e. The van der Waals surface area contributed by atoms with Crippen molar-refractivity contribution in [1.82, 2.24) is 5.32 Å². The lowest BCUT2D eigenvalue weighted by Crippen LogP contribution is -2.54. The van der Waals surface area contributed by atoms with Crippen LogP contribution in [0.2, 0.25) is 0 Å². The summed E-state index contributed by atoms with van der Waals surface area (Å²) in [6.45, 7) is 2.26. The normalized spacial score (nSPS) is 31.5. The zero-order valence-corrected chi connectivity index (χ0v) is 17.0. The van der Waals surface area contributed by atoms with Crippen molar-refractivity contribution in [2.24, 2.45) is 23.2 Å². The van der Waals surface area contributed by atoms with Crippen LogP contribution in [0.1, 0.15) is 51.0 Å². The minimum absolute atomic E-state index is 0.0111. The number of fused-ring (bicyclic) bond motifs is 1. The van der Waals surface area contributed by atoms with E-state index in [1.165, 1.54) is 19.3 Å². The molecule has 0 atom stereocenters. The first-order valence-corrected chi connectivity index (χ1v) is 10.9. The van der Waals surface area contributed by atoms with Gasteiger partial charge >= 0.3 is 0 Å². The summed E-state index contributed by atoms with van der Waals surface area (Å²) >= 11 is 0. The Balaban J connectivity index is 1.18. The van der Waals surface area contributed by atoms with E-state index in [9.17, 15) is 14.4 Å². The number of hydrogen-bond acceptors (Lipinski definition) is 3. The first kappa shape index (κ1) is 18.6. The van der Waals surface area contributed by atoms with Gasteiger partial charge in [-0.05, 0) is 86.5 Å². The second-order valence-electron chi connectivity index (χ2n) is 9.69. The molecule has 0 unspecified atom stereocenters. The van der Waals surface area contributed by atoms with Crippen LogP contribution in [0.5, 0.6) is 0 Å². The van der Waals surface area contributed by atoms with Crippen LogP contribution >= 0.6 is 0 Å². The summed E-state index contributed by atoms with van der Waals surface area (Å²) < 4.78 is 0. The second kappa shape index (κ2) is 6.85. The number of carbonyl (C=O) groups excluding carboxylic acids is 3. The smallest absolute Gasteiger partial charge is 0.243 e. The Morgan fingerprint density at radius 1 is 1.07 bits per heavy atom. The number of benzene rings is 1. The van der Waals surface area contributed by atoms with E-state index in [0.29, 0.717) is 30.0 Å². The minimum Gasteiger partial charge on any atom is -0.347 e. The number of nitrogens with one attached hydrogen (secondary N) is 2. The summed E-state index contributed by atoms with van der Waals surface area (Å²) in [4.78, 5) is 38.8. The molecule has 1 aliphatic heterocycles. The van der Waals surface area contributed by atoms with Crippen LogP contribution in [-0.4, -0.2) is 30.8 Å². The summed E-state index contributed by atoms with van der Waals surface area (Å²) in [6.07, 6.45) is 7.70. The van der Waals surface area contributed by atoms with Crippen LogP contribution < -0.4 is 15.5 Å². The zero-order valence-electron chi connectivity index (χ0n) is 17.0. The van der Waals surface area contributed by atoms with E-state index in [-0.39, 0.29) is 29.7 Å². The molecule has 154 valence electrons. The first-order valence-electron chi connectivity index (χ1n) is 10.9. The quantitative estimate of drug-likeness (QED) is 0.823. The number of anilines is 2. The van der Waals surface area contributed by atoms with E-state index < -0.39 is 0 Å². The largest absolute Gasteiger partial charge is 0.347 e. The van der Waals surface area contributed by atoms with E-state index in [0.717, 1.165) is 36.9 Å². The molecule has 4 bridgehead atoms. The molecular formula is C23H29N3O3. The van der Waals surface area contributed by atoms with E-state index in [1.807, 2.05) is 18.2 Å². The van der Waals surface area contributed by atoms with Gasteiger partial charge in [0, 0.05) is 30.3 Å². The van der Waals surface area contributed by atoms with Crippen molar-refractivity contribution < 1.29 is 14.4 Å². The van der Waals surface area contributed by atoms with Gasteiger partial charge in [0.05, 0.1) is 6.54 Å². The molecule has 0 radical (unpaired) electrons. The molecule has 4 aliphatic carbocycles. The fourth-order valence-electron chi connectivity index (χ4n) is 6.75. The molecule has 0 spiro atoms. The van der Waals surface area contributed by atoms with Crippen molar-refractivity contribution in [1.29, 1.82) is 0 Å². The van der Waals surface area contributed by atoms with E-state index in [4.69, 9.17) is 0 Å². The maximum absolute atomic E-state index is 13.0. The highest BCUT2D eigenvalue weighted by molar-refractivity contribution is 5.97. The molecule has 4 fully saturated rings. The molecule has 1 aromatic rings. The van der Waals surface area contributed by atoms with Gasteiger partial charge in [-0.3, -0.25) is 14.4 Å². The van der Waals surface area contributed by atoms with Gasteiger partial charge < -0.3 is 15.5 Å². The van der Waals surface area contributed by atoms with Gasteiger partial charge in [0.15, 0.2) is 0 Å². The fraction of sp³-hybridized carbons (Fsp3) is 0.609. The lowest BCUT2D eigenvalue weighted by atomic mass is 9.49. The topological polar surface area (TPSA) is 78.5 Å². The summed E-state index contributed by atoms with van der Waals surface area (Å²) in [7, 11) is 0. The van der Waals surface area contributed by atoms with Crippen LogP contribution in [-0.2, 0) is 20.8 Å². The molecule has 6 rings (SSSR count). The lowest BCUT2D eigenvalue weighted by molar-refractivity contribution is -0.146. The molecule has 3 amide bonds. The van der Waals surface area contributed by atoms with Crippen LogP contribution in [0.3, 0.4) is 0 Å². The number of nitrogens with zero attached hydrogens (tertiary/aromatic N) is 1. The molecule has 29 heavy (non-hydrogen) atoms. The Bertz CT molecular complexity index is 843. The van der Waals surface area contributed by atoms with E-state index >= 15 is 0 Å². The molecule has 4 saturated carbocycles. The van der Waals surface area contributed by atoms with Crippen LogP contribution in [0, 0.1) is 23.2 Å². The van der Waals surface area contributed by atoms with Crippen molar-refractivity contribution in [3.63, 3.8) is 0 Å². The van der Waals surface area contributed by atoms with Crippen LogP contribution in [0.4, 0.5) is 11.4 Å². The average Bonchev–Trinajstić information content (AvgIpc) is 3.08. The predicted molar refractivity (Wildman–Crippen MR) is 110 cm³/mol. The fourth-order valence-corrected chi connectivity index (χ4v) is 6.75. The summed E-state index contributed by atoms with van der Waals surface area (Å²) in [5.41, 5.74) is 2.48. The highest BCUT2D eigenvalue weighted by Gasteiger charge is 2.54. The Morgan fingerprint density at radius 3 is 2.34 bits per heavy atom. The summed E-state index contributed by atoms with van der Waals surface area (Å²) in [5, 5.41) is 5.82. The summed E-state index contributed by atoms with van der Waals surface area (Å²) in [5.74, 6) is 2.04. The molecule has 2 N–H and O–H groups in total. The van der Waals surface area contributed by atoms with Crippen molar-refractivity contribution in [3.05, 3.63) is 23.8 Å². The van der Waals surface area contributed by atoms with Gasteiger partial charge in [0.1, 0.15) is 0 Å². The third-order valence-corrected chi connectivity index (χ3v) is 7.57. The molecule has 5 aliphatic rings. The van der Waals surface area contributed by atoms with Crippen molar-refractivity contribution in [2.75, 3.05) is 23.3 Å². The molecule has 6 nitrogen and oxygen atoms in total. The molecule has 0 saturated heterocycles. The minimum atomic E-state index is -0.223. The van der Waals surface area contributed by atoms with Gasteiger partial charge in [-0.25, -0.2) is 0 Å². The van der Waals surface area contributed by atoms with E-state index in [2.05, 4.69) is 10.6 Å². The van der Waals surface area contributed by atoms with Crippen LogP contribution in [0.25, 0.3) is 0 Å². The van der Waals surface area contributed by atoms with E-state index in [1.54, 1.807) is 11.8 Å². The van der Waals surface area contributed by atoms with Gasteiger partial charge in [-0.1, -0.05) is 0 Å². The van der Waals surface area contributed by atoms with Gasteiger partial charge in [-0.2, -0.15) is 0 Å². The standard InChI is InChI=1S/C23H29N3O3/c1-14(27)26-5-4-18-9-19(2-3-20(18)26)25-21(28)13-24-22(29)23-10-15-6-16(11-23)8-17(7-15)12-23/h2-3,9,15-17H,4-8,10-13H2,1H3,(H,24,29)(H,25,28). The molecular weight excluding hydrogens is 366 g/mol. The summed E-state index contributed by atoms with van der Waals surface area (Å²) in [6, 6.07) is 5.63. The average molecular weight is 396 g/mol. The van der Waals surface area contributed by atoms with Crippen molar-refractivity contribution in [3.8, 4) is 0 Å². The van der Waals surface area contributed by atoms with Crippen molar-refractivity contribution in [2.45, 2.75) is 51.9 Å². The molecule has 1 heterocycles. The van der Waals surface area contributed by atoms with Crippen molar-refractivity contribution >= 4 is 29.1 Å². The van der Waals surface area contributed by atoms with Crippen LogP contribution in [0.15, 0.2) is 18.2 Å². The highest BCUT2D eigenvalue weighted by Crippen LogP contribution is 2.60. The Kier molecular flexibility index (Phi) is 4.41. The number of hydrogen-bond donors (Lipinski definition) is 2. The zero-order chi connectivity index (χ0) is 20.2.